The molecule has 0 saturated carbocycles. The summed E-state index contributed by atoms with van der Waals surface area (Å²) >= 11 is 0. The van der Waals surface area contributed by atoms with Gasteiger partial charge in [0.1, 0.15) is 5.82 Å². The summed E-state index contributed by atoms with van der Waals surface area (Å²) in [6.07, 6.45) is 7.94. The Morgan fingerprint density at radius 1 is 1.04 bits per heavy atom. The second-order valence-electron chi connectivity index (χ2n) is 7.05. The zero-order chi connectivity index (χ0) is 17.1. The van der Waals surface area contributed by atoms with Gasteiger partial charge >= 0.3 is 0 Å². The SMILES string of the molecule is Fc1ccccc1N(CCC1CCCCN1)C1=Cc2ccccc2C1. The first-order valence-electron chi connectivity index (χ1n) is 9.35. The summed E-state index contributed by atoms with van der Waals surface area (Å²) in [5.74, 6) is -0.143. The fraction of sp³-hybridized carbons (Fsp3) is 0.364. The average Bonchev–Trinajstić information content (AvgIpc) is 3.08. The first-order valence-corrected chi connectivity index (χ1v) is 9.35. The fourth-order valence-corrected chi connectivity index (χ4v) is 3.98. The molecule has 130 valence electrons. The number of fused-ring (bicyclic) bond motifs is 1. The second kappa shape index (κ2) is 7.40. The molecule has 1 fully saturated rings. The third-order valence-electron chi connectivity index (χ3n) is 5.35. The predicted octanol–water partition coefficient (Wildman–Crippen LogP) is 4.76. The van der Waals surface area contributed by atoms with Crippen molar-refractivity contribution in [1.29, 1.82) is 0 Å². The van der Waals surface area contributed by atoms with E-state index in [4.69, 9.17) is 0 Å². The summed E-state index contributed by atoms with van der Waals surface area (Å²) in [5.41, 5.74) is 4.48. The standard InChI is InChI=1S/C22H25FN2/c23-21-10-3-4-11-22(21)25(14-12-19-9-5-6-13-24-19)20-15-17-7-1-2-8-18(17)16-20/h1-4,7-8,10-11,15,19,24H,5-6,9,12-14,16H2. The van der Waals surface area contributed by atoms with Gasteiger partial charge in [-0.3, -0.25) is 0 Å². The highest BCUT2D eigenvalue weighted by Crippen LogP contribution is 2.32. The van der Waals surface area contributed by atoms with E-state index >= 15 is 0 Å². The molecule has 1 N–H and O–H groups in total. The normalized spacial score (nSPS) is 19.4. The zero-order valence-electron chi connectivity index (χ0n) is 14.5. The summed E-state index contributed by atoms with van der Waals surface area (Å²) in [5, 5.41) is 3.61. The molecule has 2 aromatic carbocycles. The molecule has 1 aliphatic carbocycles. The minimum atomic E-state index is -0.143. The molecule has 0 radical (unpaired) electrons. The van der Waals surface area contributed by atoms with Crippen LogP contribution in [0.2, 0.25) is 0 Å². The molecule has 1 unspecified atom stereocenters. The van der Waals surface area contributed by atoms with Gasteiger partial charge in [-0.15, -0.1) is 0 Å². The van der Waals surface area contributed by atoms with Crippen molar-refractivity contribution in [1.82, 2.24) is 5.32 Å². The van der Waals surface area contributed by atoms with Gasteiger partial charge in [0, 0.05) is 24.7 Å². The largest absolute Gasteiger partial charge is 0.342 e. The van der Waals surface area contributed by atoms with Crippen molar-refractivity contribution in [3.8, 4) is 0 Å². The minimum absolute atomic E-state index is 0.143. The van der Waals surface area contributed by atoms with Crippen LogP contribution in [-0.2, 0) is 6.42 Å². The zero-order valence-corrected chi connectivity index (χ0v) is 14.5. The summed E-state index contributed by atoms with van der Waals surface area (Å²) in [4.78, 5) is 2.19. The molecule has 3 heteroatoms. The van der Waals surface area contributed by atoms with E-state index in [-0.39, 0.29) is 5.82 Å². The Kier molecular flexibility index (Phi) is 4.84. The monoisotopic (exact) mass is 336 g/mol. The Morgan fingerprint density at radius 3 is 2.68 bits per heavy atom. The number of allylic oxidation sites excluding steroid dienone is 1. The summed E-state index contributed by atoms with van der Waals surface area (Å²) < 4.78 is 14.5. The maximum Gasteiger partial charge on any atom is 0.146 e. The van der Waals surface area contributed by atoms with Crippen molar-refractivity contribution >= 4 is 11.8 Å². The van der Waals surface area contributed by atoms with Crippen LogP contribution in [0, 0.1) is 5.82 Å². The molecule has 2 aromatic rings. The molecule has 0 aromatic heterocycles. The van der Waals surface area contributed by atoms with Gasteiger partial charge in [-0.1, -0.05) is 42.8 Å². The number of hydrogen-bond donors (Lipinski definition) is 1. The van der Waals surface area contributed by atoms with Crippen LogP contribution >= 0.6 is 0 Å². The van der Waals surface area contributed by atoms with E-state index in [1.54, 1.807) is 12.1 Å². The fourth-order valence-electron chi connectivity index (χ4n) is 3.98. The van der Waals surface area contributed by atoms with Gasteiger partial charge in [0.2, 0.25) is 0 Å². The summed E-state index contributed by atoms with van der Waals surface area (Å²) in [6, 6.07) is 16.1. The van der Waals surface area contributed by atoms with E-state index in [2.05, 4.69) is 40.6 Å². The maximum absolute atomic E-state index is 14.5. The lowest BCUT2D eigenvalue weighted by Crippen LogP contribution is -2.37. The molecule has 25 heavy (non-hydrogen) atoms. The van der Waals surface area contributed by atoms with Crippen molar-refractivity contribution in [2.75, 3.05) is 18.0 Å². The Balaban J connectivity index is 1.57. The van der Waals surface area contributed by atoms with E-state index in [1.807, 2.05) is 12.1 Å². The third-order valence-corrected chi connectivity index (χ3v) is 5.35. The lowest BCUT2D eigenvalue weighted by molar-refractivity contribution is 0.384. The highest BCUT2D eigenvalue weighted by Gasteiger charge is 2.22. The van der Waals surface area contributed by atoms with Crippen molar-refractivity contribution < 1.29 is 4.39 Å². The molecule has 0 spiro atoms. The Hall–Kier alpha value is -2.13. The van der Waals surface area contributed by atoms with E-state index in [0.717, 1.165) is 25.9 Å². The molecular formula is C22H25FN2. The van der Waals surface area contributed by atoms with E-state index < -0.39 is 0 Å². The molecular weight excluding hydrogens is 311 g/mol. The number of benzene rings is 2. The molecule has 0 amide bonds. The minimum Gasteiger partial charge on any atom is -0.342 e. The highest BCUT2D eigenvalue weighted by molar-refractivity contribution is 5.69. The van der Waals surface area contributed by atoms with Crippen LogP contribution in [0.15, 0.2) is 54.2 Å². The van der Waals surface area contributed by atoms with Crippen LogP contribution in [0.3, 0.4) is 0 Å². The van der Waals surface area contributed by atoms with Crippen LogP contribution < -0.4 is 10.2 Å². The number of piperidine rings is 1. The summed E-state index contributed by atoms with van der Waals surface area (Å²) in [7, 11) is 0. The van der Waals surface area contributed by atoms with Crippen LogP contribution in [0.25, 0.3) is 6.08 Å². The third kappa shape index (κ3) is 3.62. The average molecular weight is 336 g/mol. The molecule has 2 aliphatic rings. The maximum atomic E-state index is 14.5. The van der Waals surface area contributed by atoms with Gasteiger partial charge in [0.05, 0.1) is 5.69 Å². The lowest BCUT2D eigenvalue weighted by atomic mass is 10.0. The van der Waals surface area contributed by atoms with E-state index in [0.29, 0.717) is 11.7 Å². The smallest absolute Gasteiger partial charge is 0.146 e. The van der Waals surface area contributed by atoms with Crippen molar-refractivity contribution in [3.63, 3.8) is 0 Å². The number of anilines is 1. The Labute approximate surface area is 149 Å². The first kappa shape index (κ1) is 16.3. The quantitative estimate of drug-likeness (QED) is 0.847. The number of rotatable bonds is 5. The lowest BCUT2D eigenvalue weighted by Gasteiger charge is -2.30. The molecule has 1 saturated heterocycles. The van der Waals surface area contributed by atoms with Crippen molar-refractivity contribution in [2.24, 2.45) is 0 Å². The van der Waals surface area contributed by atoms with Crippen LogP contribution in [0.4, 0.5) is 10.1 Å². The van der Waals surface area contributed by atoms with Crippen molar-refractivity contribution in [2.45, 2.75) is 38.1 Å². The summed E-state index contributed by atoms with van der Waals surface area (Å²) in [6.45, 7) is 1.96. The topological polar surface area (TPSA) is 15.3 Å². The Bertz CT molecular complexity index is 762. The number of hydrogen-bond acceptors (Lipinski definition) is 2. The van der Waals surface area contributed by atoms with Crippen LogP contribution in [-0.4, -0.2) is 19.1 Å². The van der Waals surface area contributed by atoms with E-state index in [9.17, 15) is 4.39 Å². The van der Waals surface area contributed by atoms with Crippen LogP contribution in [0.1, 0.15) is 36.8 Å². The van der Waals surface area contributed by atoms with Crippen molar-refractivity contribution in [3.05, 3.63) is 71.2 Å². The number of halogens is 1. The van der Waals surface area contributed by atoms with Gasteiger partial charge < -0.3 is 10.2 Å². The highest BCUT2D eigenvalue weighted by atomic mass is 19.1. The van der Waals surface area contributed by atoms with Gasteiger partial charge in [0.15, 0.2) is 0 Å². The number of nitrogens with zero attached hydrogens (tertiary/aromatic N) is 1. The van der Waals surface area contributed by atoms with E-state index in [1.165, 1.54) is 36.1 Å². The number of nitrogens with one attached hydrogen (secondary N) is 1. The van der Waals surface area contributed by atoms with Gasteiger partial charge in [-0.25, -0.2) is 4.39 Å². The van der Waals surface area contributed by atoms with Gasteiger partial charge in [-0.05, 0) is 55.1 Å². The number of para-hydroxylation sites is 1. The molecule has 0 bridgehead atoms. The Morgan fingerprint density at radius 2 is 1.88 bits per heavy atom. The van der Waals surface area contributed by atoms with Gasteiger partial charge in [0.25, 0.3) is 0 Å². The molecule has 1 heterocycles. The second-order valence-corrected chi connectivity index (χ2v) is 7.05. The molecule has 1 aliphatic heterocycles. The predicted molar refractivity (Wildman–Crippen MR) is 102 cm³/mol. The van der Waals surface area contributed by atoms with Gasteiger partial charge in [-0.2, -0.15) is 0 Å². The molecule has 1 atom stereocenters. The first-order chi connectivity index (χ1) is 12.3. The molecule has 2 nitrogen and oxygen atoms in total. The molecule has 4 rings (SSSR count). The van der Waals surface area contributed by atoms with Crippen LogP contribution in [0.5, 0.6) is 0 Å².